The number of aliphatic hydroxyl groups is 1. The van der Waals surface area contributed by atoms with E-state index in [1.807, 2.05) is 0 Å². The molecule has 6 unspecified atom stereocenters. The average Bonchev–Trinajstić information content (AvgIpc) is 2.66. The lowest BCUT2D eigenvalue weighted by Gasteiger charge is -2.26. The van der Waals surface area contributed by atoms with Gasteiger partial charge >= 0.3 is 11.9 Å². The second kappa shape index (κ2) is 13.0. The van der Waals surface area contributed by atoms with E-state index in [1.165, 1.54) is 6.92 Å². The molecule has 0 rings (SSSR count). The van der Waals surface area contributed by atoms with E-state index in [0.29, 0.717) is 6.42 Å². The molecule has 0 aromatic heterocycles. The molecule has 0 spiro atoms. The molecule has 0 saturated carbocycles. The molecule has 0 aliphatic carbocycles. The van der Waals surface area contributed by atoms with Crippen LogP contribution in [0.4, 0.5) is 0 Å². The van der Waals surface area contributed by atoms with Crippen molar-refractivity contribution in [1.29, 1.82) is 0 Å². The van der Waals surface area contributed by atoms with Gasteiger partial charge in [0.25, 0.3) is 0 Å². The van der Waals surface area contributed by atoms with Gasteiger partial charge in [-0.1, -0.05) is 20.3 Å². The van der Waals surface area contributed by atoms with Gasteiger partial charge in [0.05, 0.1) is 18.6 Å². The maximum Gasteiger partial charge on any atom is 0.326 e. The first-order valence-electron chi connectivity index (χ1n) is 9.25. The van der Waals surface area contributed by atoms with E-state index >= 15 is 0 Å². The van der Waals surface area contributed by atoms with Gasteiger partial charge in [0, 0.05) is 5.75 Å². The van der Waals surface area contributed by atoms with Crippen LogP contribution in [0.5, 0.6) is 0 Å². The number of carboxylic acids is 2. The summed E-state index contributed by atoms with van der Waals surface area (Å²) in [6.45, 7) is 4.51. The van der Waals surface area contributed by atoms with Crippen LogP contribution in [0, 0.1) is 5.92 Å². The number of hydrogen-bond donors (Lipinski definition) is 8. The summed E-state index contributed by atoms with van der Waals surface area (Å²) in [5.41, 5.74) is 5.51. The molecule has 0 heterocycles. The Kier molecular flexibility index (Phi) is 12.0. The number of rotatable bonds is 13. The van der Waals surface area contributed by atoms with Crippen LogP contribution in [0.25, 0.3) is 0 Å². The molecule has 13 heteroatoms. The van der Waals surface area contributed by atoms with E-state index in [-0.39, 0.29) is 5.75 Å². The average molecular weight is 451 g/mol. The summed E-state index contributed by atoms with van der Waals surface area (Å²) in [4.78, 5) is 59.4. The lowest BCUT2D eigenvalue weighted by molar-refractivity contribution is -0.145. The molecule has 0 aromatic rings. The van der Waals surface area contributed by atoms with Gasteiger partial charge in [-0.05, 0) is 12.8 Å². The summed E-state index contributed by atoms with van der Waals surface area (Å²) in [6.07, 6.45) is -1.82. The number of nitrogens with one attached hydrogen (secondary N) is 3. The molecular formula is C17H30N4O8S. The predicted octanol–water partition coefficient (Wildman–Crippen LogP) is -2.32. The van der Waals surface area contributed by atoms with Crippen LogP contribution in [0.1, 0.15) is 33.6 Å². The Morgan fingerprint density at radius 1 is 0.933 bits per heavy atom. The SMILES string of the molecule is CCC(C)C(NC(=O)C(CC(=O)O)NC(=O)C(NC(=O)C(N)CS)C(C)O)C(=O)O. The normalized spacial score (nSPS) is 16.9. The minimum Gasteiger partial charge on any atom is -0.481 e. The Balaban J connectivity index is 5.48. The van der Waals surface area contributed by atoms with Gasteiger partial charge in [-0.15, -0.1) is 0 Å². The summed E-state index contributed by atoms with van der Waals surface area (Å²) in [5, 5.41) is 34.7. The molecule has 0 aliphatic rings. The second-order valence-corrected chi connectivity index (χ2v) is 7.25. The largest absolute Gasteiger partial charge is 0.481 e. The molecule has 30 heavy (non-hydrogen) atoms. The van der Waals surface area contributed by atoms with Crippen molar-refractivity contribution in [3.63, 3.8) is 0 Å². The molecule has 12 nitrogen and oxygen atoms in total. The fraction of sp³-hybridized carbons (Fsp3) is 0.706. The van der Waals surface area contributed by atoms with E-state index in [2.05, 4.69) is 28.6 Å². The molecule has 0 saturated heterocycles. The molecule has 0 fully saturated rings. The number of carbonyl (C=O) groups excluding carboxylic acids is 3. The van der Waals surface area contributed by atoms with Gasteiger partial charge in [0.1, 0.15) is 18.1 Å². The number of carboxylic acid groups (broad SMARTS) is 2. The zero-order valence-electron chi connectivity index (χ0n) is 17.0. The molecule has 172 valence electrons. The van der Waals surface area contributed by atoms with Crippen molar-refractivity contribution in [3.05, 3.63) is 0 Å². The highest BCUT2D eigenvalue weighted by Crippen LogP contribution is 2.09. The number of carbonyl (C=O) groups is 5. The van der Waals surface area contributed by atoms with Crippen molar-refractivity contribution in [3.8, 4) is 0 Å². The van der Waals surface area contributed by atoms with Crippen LogP contribution in [0.3, 0.4) is 0 Å². The van der Waals surface area contributed by atoms with E-state index in [0.717, 1.165) is 0 Å². The highest BCUT2D eigenvalue weighted by Gasteiger charge is 2.34. The van der Waals surface area contributed by atoms with Gasteiger partial charge < -0.3 is 37.0 Å². The molecule has 3 amide bonds. The van der Waals surface area contributed by atoms with Crippen LogP contribution in [-0.2, 0) is 24.0 Å². The van der Waals surface area contributed by atoms with Crippen LogP contribution in [0.2, 0.25) is 0 Å². The van der Waals surface area contributed by atoms with Crippen LogP contribution in [-0.4, -0.2) is 81.0 Å². The molecular weight excluding hydrogens is 420 g/mol. The zero-order chi connectivity index (χ0) is 23.6. The predicted molar refractivity (Wildman–Crippen MR) is 109 cm³/mol. The molecule has 6 atom stereocenters. The molecule has 0 bridgehead atoms. The molecule has 0 aromatic carbocycles. The number of aliphatic carboxylic acids is 2. The summed E-state index contributed by atoms with van der Waals surface area (Å²) in [5.74, 6) is -6.08. The number of nitrogens with two attached hydrogens (primary N) is 1. The van der Waals surface area contributed by atoms with Gasteiger partial charge in [0.2, 0.25) is 17.7 Å². The van der Waals surface area contributed by atoms with E-state index < -0.39 is 72.3 Å². The van der Waals surface area contributed by atoms with Crippen molar-refractivity contribution in [2.45, 2.75) is 63.9 Å². The Bertz CT molecular complexity index is 645. The summed E-state index contributed by atoms with van der Waals surface area (Å²) >= 11 is 3.86. The fourth-order valence-corrected chi connectivity index (χ4v) is 2.50. The number of thiol groups is 1. The van der Waals surface area contributed by atoms with E-state index in [4.69, 9.17) is 10.8 Å². The van der Waals surface area contributed by atoms with E-state index in [1.54, 1.807) is 13.8 Å². The zero-order valence-corrected chi connectivity index (χ0v) is 17.9. The van der Waals surface area contributed by atoms with Crippen molar-refractivity contribution in [1.82, 2.24) is 16.0 Å². The van der Waals surface area contributed by atoms with Gasteiger partial charge in [-0.3, -0.25) is 19.2 Å². The first-order valence-corrected chi connectivity index (χ1v) is 9.89. The first kappa shape index (κ1) is 27.6. The minimum atomic E-state index is -1.64. The van der Waals surface area contributed by atoms with Crippen molar-refractivity contribution in [2.24, 2.45) is 11.7 Å². The topological polar surface area (TPSA) is 208 Å². The summed E-state index contributed by atoms with van der Waals surface area (Å²) in [7, 11) is 0. The monoisotopic (exact) mass is 450 g/mol. The highest BCUT2D eigenvalue weighted by molar-refractivity contribution is 7.80. The standard InChI is InChI=1S/C17H30N4O8S/c1-4-7(2)12(17(28)29)20-15(26)10(5-11(23)24)19-16(27)13(8(3)22)21-14(25)9(18)6-30/h7-10,12-13,22,30H,4-6,18H2,1-3H3,(H,19,27)(H,20,26)(H,21,25)(H,23,24)(H,28,29). The fourth-order valence-electron chi connectivity index (χ4n) is 2.33. The van der Waals surface area contributed by atoms with Crippen LogP contribution in [0.15, 0.2) is 0 Å². The van der Waals surface area contributed by atoms with E-state index in [9.17, 15) is 34.2 Å². The number of hydrogen-bond acceptors (Lipinski definition) is 8. The minimum absolute atomic E-state index is 0.0315. The second-order valence-electron chi connectivity index (χ2n) is 6.88. The maximum absolute atomic E-state index is 12.5. The molecule has 8 N–H and O–H groups in total. The number of aliphatic hydroxyl groups excluding tert-OH is 1. The Labute approximate surface area is 179 Å². The summed E-state index contributed by atoms with van der Waals surface area (Å²) < 4.78 is 0. The van der Waals surface area contributed by atoms with Crippen LogP contribution >= 0.6 is 12.6 Å². The first-order chi connectivity index (χ1) is 13.8. The highest BCUT2D eigenvalue weighted by atomic mass is 32.1. The summed E-state index contributed by atoms with van der Waals surface area (Å²) in [6, 6.07) is -5.53. The third-order valence-electron chi connectivity index (χ3n) is 4.38. The Morgan fingerprint density at radius 2 is 1.47 bits per heavy atom. The van der Waals surface area contributed by atoms with Gasteiger partial charge in [-0.2, -0.15) is 12.6 Å². The quantitative estimate of drug-likeness (QED) is 0.141. The van der Waals surface area contributed by atoms with Crippen molar-refractivity contribution >= 4 is 42.3 Å². The maximum atomic E-state index is 12.5. The third-order valence-corrected chi connectivity index (χ3v) is 4.78. The van der Waals surface area contributed by atoms with Gasteiger partial charge in [0.15, 0.2) is 0 Å². The van der Waals surface area contributed by atoms with Gasteiger partial charge in [-0.25, -0.2) is 4.79 Å². The van der Waals surface area contributed by atoms with Crippen molar-refractivity contribution in [2.75, 3.05) is 5.75 Å². The van der Waals surface area contributed by atoms with Crippen molar-refractivity contribution < 1.29 is 39.3 Å². The lowest BCUT2D eigenvalue weighted by Crippen LogP contribution is -2.60. The van der Waals surface area contributed by atoms with Crippen LogP contribution < -0.4 is 21.7 Å². The lowest BCUT2D eigenvalue weighted by atomic mass is 9.98. The Morgan fingerprint density at radius 3 is 1.87 bits per heavy atom. The molecule has 0 aliphatic heterocycles. The molecule has 0 radical (unpaired) electrons. The third kappa shape index (κ3) is 8.97. The number of amides is 3. The smallest absolute Gasteiger partial charge is 0.326 e. The Hall–Kier alpha value is -2.38.